The SMILES string of the molecule is CN(C)CC(=O)Nc1cn(C)c(C(=O)Nc2cn(C)c(C(=O)Nc3cn(C)c(C(=O)Nc4cn(C)c(C(=O)NCCC(=O)NCCCN5CCN(C)CC5)n4)n3)n2)n1. The van der Waals surface area contributed by atoms with Gasteiger partial charge in [0.25, 0.3) is 23.6 Å². The van der Waals surface area contributed by atoms with Crippen LogP contribution in [0.5, 0.6) is 0 Å². The van der Waals surface area contributed by atoms with E-state index in [0.29, 0.717) is 6.54 Å². The summed E-state index contributed by atoms with van der Waals surface area (Å²) in [5, 5.41) is 16.0. The average Bonchev–Trinajstić information content (AvgIpc) is 3.91. The largest absolute Gasteiger partial charge is 0.356 e. The number of nitrogens with one attached hydrogen (secondary N) is 6. The van der Waals surface area contributed by atoms with Crippen molar-refractivity contribution in [2.45, 2.75) is 12.8 Å². The molecule has 0 aliphatic carbocycles. The highest BCUT2D eigenvalue weighted by molar-refractivity contribution is 6.05. The molecule has 4 aromatic heterocycles. The molecule has 6 amide bonds. The van der Waals surface area contributed by atoms with Crippen LogP contribution in [0.2, 0.25) is 0 Å². The molecule has 6 N–H and O–H groups in total. The zero-order valence-electron chi connectivity index (χ0n) is 33.7. The van der Waals surface area contributed by atoms with Crippen molar-refractivity contribution in [1.29, 1.82) is 0 Å². The number of anilines is 4. The van der Waals surface area contributed by atoms with E-state index in [-0.39, 0.29) is 77.9 Å². The number of hydrogen-bond acceptors (Lipinski definition) is 13. The molecular weight excluding hydrogens is 754 g/mol. The minimum Gasteiger partial charge on any atom is -0.356 e. The Kier molecular flexibility index (Phi) is 14.1. The molecule has 0 atom stereocenters. The first-order chi connectivity index (χ1) is 27.6. The van der Waals surface area contributed by atoms with Gasteiger partial charge in [0, 0.05) is 98.7 Å². The molecule has 5 heterocycles. The number of carbonyl (C=O) groups excluding carboxylic acids is 6. The van der Waals surface area contributed by atoms with E-state index in [1.54, 1.807) is 47.2 Å². The summed E-state index contributed by atoms with van der Waals surface area (Å²) in [5.41, 5.74) is 0. The third-order valence-electron chi connectivity index (χ3n) is 8.98. The summed E-state index contributed by atoms with van der Waals surface area (Å²) in [4.78, 5) is 99.7. The van der Waals surface area contributed by atoms with Crippen molar-refractivity contribution in [3.8, 4) is 0 Å². The van der Waals surface area contributed by atoms with Crippen LogP contribution in [-0.2, 0) is 37.8 Å². The van der Waals surface area contributed by atoms with Crippen LogP contribution >= 0.6 is 0 Å². The number of imidazole rings is 4. The average molecular weight is 806 g/mol. The van der Waals surface area contributed by atoms with E-state index in [4.69, 9.17) is 0 Å². The number of aryl methyl sites for hydroxylation is 4. The molecule has 1 aliphatic heterocycles. The summed E-state index contributed by atoms with van der Waals surface area (Å²) in [6.45, 7) is 5.88. The smallest absolute Gasteiger partial charge is 0.292 e. The van der Waals surface area contributed by atoms with E-state index in [2.05, 4.69) is 68.7 Å². The van der Waals surface area contributed by atoms with Gasteiger partial charge in [0.2, 0.25) is 35.1 Å². The maximum absolute atomic E-state index is 13.2. The monoisotopic (exact) mass is 805 g/mol. The predicted octanol–water partition coefficient (Wildman–Crippen LogP) is -1.25. The number of carbonyl (C=O) groups is 6. The Hall–Kier alpha value is -6.46. The maximum atomic E-state index is 13.2. The number of nitrogens with zero attached hydrogens (tertiary/aromatic N) is 11. The summed E-state index contributed by atoms with van der Waals surface area (Å²) < 4.78 is 5.68. The lowest BCUT2D eigenvalue weighted by molar-refractivity contribution is -0.121. The van der Waals surface area contributed by atoms with Crippen LogP contribution < -0.4 is 31.9 Å². The van der Waals surface area contributed by atoms with Gasteiger partial charge in [-0.15, -0.1) is 0 Å². The fourth-order valence-electron chi connectivity index (χ4n) is 6.00. The fraction of sp³-hybridized carbons (Fsp3) is 0.486. The molecule has 5 rings (SSSR count). The van der Waals surface area contributed by atoms with E-state index in [9.17, 15) is 28.8 Å². The van der Waals surface area contributed by atoms with Crippen molar-refractivity contribution in [3.63, 3.8) is 0 Å². The highest BCUT2D eigenvalue weighted by Crippen LogP contribution is 2.15. The van der Waals surface area contributed by atoms with Crippen LogP contribution in [0.25, 0.3) is 0 Å². The predicted molar refractivity (Wildman–Crippen MR) is 212 cm³/mol. The van der Waals surface area contributed by atoms with E-state index in [0.717, 1.165) is 39.1 Å². The molecule has 1 saturated heterocycles. The molecular formula is C35H51N17O6. The molecule has 0 bridgehead atoms. The van der Waals surface area contributed by atoms with Gasteiger partial charge in [-0.1, -0.05) is 0 Å². The molecule has 0 aromatic carbocycles. The zero-order chi connectivity index (χ0) is 42.1. The van der Waals surface area contributed by atoms with Gasteiger partial charge in [-0.05, 0) is 34.1 Å². The molecule has 23 nitrogen and oxygen atoms in total. The highest BCUT2D eigenvalue weighted by atomic mass is 16.2. The molecule has 1 aliphatic rings. The van der Waals surface area contributed by atoms with Gasteiger partial charge < -0.3 is 64.9 Å². The van der Waals surface area contributed by atoms with Gasteiger partial charge in [0.1, 0.15) is 0 Å². The summed E-state index contributed by atoms with van der Waals surface area (Å²) in [6.07, 6.45) is 6.78. The molecule has 0 unspecified atom stereocenters. The topological polar surface area (TPSA) is 256 Å². The van der Waals surface area contributed by atoms with Crippen LogP contribution in [0.15, 0.2) is 24.8 Å². The summed E-state index contributed by atoms with van der Waals surface area (Å²) in [5.74, 6) is -2.64. The summed E-state index contributed by atoms with van der Waals surface area (Å²) in [7, 11) is 11.9. The second kappa shape index (κ2) is 19.1. The fourth-order valence-corrected chi connectivity index (χ4v) is 6.00. The number of likely N-dealkylation sites (N-methyl/N-ethyl adjacent to an activating group) is 2. The molecule has 0 spiro atoms. The van der Waals surface area contributed by atoms with Gasteiger partial charge in [-0.25, -0.2) is 19.9 Å². The molecule has 58 heavy (non-hydrogen) atoms. The number of aromatic nitrogens is 8. The second-order valence-electron chi connectivity index (χ2n) is 14.2. The van der Waals surface area contributed by atoms with E-state index < -0.39 is 23.6 Å². The van der Waals surface area contributed by atoms with Gasteiger partial charge in [-0.2, -0.15) is 0 Å². The second-order valence-corrected chi connectivity index (χ2v) is 14.2. The Balaban J connectivity index is 1.08. The van der Waals surface area contributed by atoms with Gasteiger partial charge >= 0.3 is 0 Å². The Morgan fingerprint density at radius 3 is 1.40 bits per heavy atom. The minimum absolute atomic E-state index is 0.000346. The third-order valence-corrected chi connectivity index (χ3v) is 8.98. The Labute approximate surface area is 334 Å². The quantitative estimate of drug-likeness (QED) is 0.0684. The van der Waals surface area contributed by atoms with Crippen molar-refractivity contribution >= 4 is 58.7 Å². The number of hydrogen-bond donors (Lipinski definition) is 6. The van der Waals surface area contributed by atoms with Crippen molar-refractivity contribution in [2.75, 3.05) is 94.8 Å². The van der Waals surface area contributed by atoms with Crippen molar-refractivity contribution in [1.82, 2.24) is 63.5 Å². The van der Waals surface area contributed by atoms with E-state index in [1.807, 2.05) is 0 Å². The first kappa shape index (κ1) is 42.7. The van der Waals surface area contributed by atoms with Crippen LogP contribution in [0.3, 0.4) is 0 Å². The van der Waals surface area contributed by atoms with Gasteiger partial charge in [0.15, 0.2) is 23.3 Å². The van der Waals surface area contributed by atoms with Crippen LogP contribution in [0.4, 0.5) is 23.3 Å². The minimum atomic E-state index is -0.671. The molecule has 0 radical (unpaired) electrons. The molecule has 4 aromatic rings. The van der Waals surface area contributed by atoms with E-state index in [1.165, 1.54) is 43.1 Å². The first-order valence-corrected chi connectivity index (χ1v) is 18.5. The lowest BCUT2D eigenvalue weighted by Gasteiger charge is -2.32. The van der Waals surface area contributed by atoms with Crippen molar-refractivity contribution in [2.24, 2.45) is 28.2 Å². The molecule has 312 valence electrons. The van der Waals surface area contributed by atoms with Crippen molar-refractivity contribution < 1.29 is 28.8 Å². The van der Waals surface area contributed by atoms with Gasteiger partial charge in [0.05, 0.1) is 6.54 Å². The summed E-state index contributed by atoms with van der Waals surface area (Å²) >= 11 is 0. The van der Waals surface area contributed by atoms with Crippen LogP contribution in [-0.4, -0.2) is 162 Å². The Morgan fingerprint density at radius 1 is 0.552 bits per heavy atom. The number of rotatable bonds is 17. The van der Waals surface area contributed by atoms with Crippen LogP contribution in [0, 0.1) is 0 Å². The zero-order valence-corrected chi connectivity index (χ0v) is 33.7. The summed E-state index contributed by atoms with van der Waals surface area (Å²) in [6, 6.07) is 0. The maximum Gasteiger partial charge on any atom is 0.292 e. The highest BCUT2D eigenvalue weighted by Gasteiger charge is 2.23. The molecule has 1 fully saturated rings. The lowest BCUT2D eigenvalue weighted by Crippen LogP contribution is -2.45. The number of amides is 6. The van der Waals surface area contributed by atoms with Crippen LogP contribution in [0.1, 0.15) is 55.3 Å². The van der Waals surface area contributed by atoms with E-state index >= 15 is 0 Å². The Morgan fingerprint density at radius 2 is 0.966 bits per heavy atom. The lowest BCUT2D eigenvalue weighted by atomic mass is 10.3. The standard InChI is InChI=1S/C35H51N17O6/c1-46(2)21-27(54)38-22-17-49(5)29(39-22)33(56)44-24-19-51(7)31(41-24)35(58)45-25-20-50(6)30(42-25)34(57)43-23-18-48(4)28(40-23)32(55)37-11-9-26(53)36-10-8-12-52-15-13-47(3)14-16-52/h17-20H,8-16,21H2,1-7H3,(H,36,53)(H,37,55)(H,38,54)(H,43,57)(H,44,56)(H,45,58). The third kappa shape index (κ3) is 11.5. The van der Waals surface area contributed by atoms with Gasteiger partial charge in [-0.3, -0.25) is 28.8 Å². The number of piperazine rings is 1. The normalized spacial score (nSPS) is 13.3. The first-order valence-electron chi connectivity index (χ1n) is 18.5. The molecule has 0 saturated carbocycles. The van der Waals surface area contributed by atoms with Crippen molar-refractivity contribution in [3.05, 3.63) is 48.1 Å². The Bertz CT molecular complexity index is 2140. The molecule has 23 heteroatoms.